The van der Waals surface area contributed by atoms with E-state index in [2.05, 4.69) is 24.8 Å². The van der Waals surface area contributed by atoms with Crippen LogP contribution < -0.4 is 0 Å². The fourth-order valence-corrected chi connectivity index (χ4v) is 6.64. The Balaban J connectivity index is 0.00000336. The molecule has 1 fully saturated rings. The molecule has 0 bridgehead atoms. The Labute approximate surface area is 239 Å². The van der Waals surface area contributed by atoms with Gasteiger partial charge in [0.2, 0.25) is 0 Å². The van der Waals surface area contributed by atoms with Crippen molar-refractivity contribution in [1.29, 1.82) is 0 Å². The zero-order valence-electron chi connectivity index (χ0n) is 21.9. The van der Waals surface area contributed by atoms with Gasteiger partial charge < -0.3 is 5.11 Å². The molecule has 0 spiro atoms. The summed E-state index contributed by atoms with van der Waals surface area (Å²) in [6.07, 6.45) is 9.24. The van der Waals surface area contributed by atoms with Gasteiger partial charge in [-0.1, -0.05) is 42.3 Å². The maximum absolute atomic E-state index is 11.1. The molecule has 1 aromatic carbocycles. The molecule has 2 aromatic heterocycles. The van der Waals surface area contributed by atoms with Gasteiger partial charge in [-0.3, -0.25) is 9.69 Å². The molecule has 0 saturated carbocycles. The van der Waals surface area contributed by atoms with E-state index in [0.29, 0.717) is 28.0 Å². The predicted molar refractivity (Wildman–Crippen MR) is 154 cm³/mol. The van der Waals surface area contributed by atoms with Crippen LogP contribution in [0.4, 0.5) is 0 Å². The number of benzene rings is 1. The SMILES string of the molecule is Cc1nn(C(C)c2ccc(Cl)cc2Cl)c2nc(C3=CC[C@H](N4CCC[C@H]4CCC(=O)O)[C@H](C)C3)cnc12.Cl. The highest BCUT2D eigenvalue weighted by Gasteiger charge is 2.35. The Kier molecular flexibility index (Phi) is 9.03. The predicted octanol–water partition coefficient (Wildman–Crippen LogP) is 6.98. The molecule has 38 heavy (non-hydrogen) atoms. The molecular formula is C28H34Cl3N5O2. The summed E-state index contributed by atoms with van der Waals surface area (Å²) in [6.45, 7) is 7.36. The van der Waals surface area contributed by atoms with Crippen LogP contribution in [-0.4, -0.2) is 54.4 Å². The lowest BCUT2D eigenvalue weighted by Crippen LogP contribution is -2.44. The van der Waals surface area contributed by atoms with Crippen LogP contribution in [0.5, 0.6) is 0 Å². The van der Waals surface area contributed by atoms with Crippen LogP contribution in [0.2, 0.25) is 10.0 Å². The second kappa shape index (κ2) is 11.9. The van der Waals surface area contributed by atoms with Crippen LogP contribution in [0.3, 0.4) is 0 Å². The molecule has 7 nitrogen and oxygen atoms in total. The molecule has 204 valence electrons. The zero-order chi connectivity index (χ0) is 26.3. The summed E-state index contributed by atoms with van der Waals surface area (Å²) in [4.78, 5) is 23.5. The standard InChI is InChI=1S/C28H33Cl2N5O2.ClH/c1-16-13-19(6-10-25(16)34-12-4-5-21(34)8-11-26(36)37)24-15-31-27-17(2)33-35(28(27)32-24)18(3)22-9-7-20(29)14-23(22)30;/h6-7,9,14-16,18,21,25H,4-5,8,10-13H2,1-3H3,(H,36,37);1H/t16-,18?,21+,25+;/m1./s1. The molecule has 4 atom stereocenters. The summed E-state index contributed by atoms with van der Waals surface area (Å²) in [6, 6.07) is 6.19. The van der Waals surface area contributed by atoms with E-state index in [1.54, 1.807) is 6.07 Å². The number of rotatable bonds is 7. The van der Waals surface area contributed by atoms with Gasteiger partial charge in [-0.05, 0) is 81.7 Å². The summed E-state index contributed by atoms with van der Waals surface area (Å²) in [5, 5.41) is 15.1. The first kappa shape index (κ1) is 28.8. The van der Waals surface area contributed by atoms with Crippen LogP contribution in [0.1, 0.15) is 75.4 Å². The van der Waals surface area contributed by atoms with Gasteiger partial charge in [0.25, 0.3) is 0 Å². The molecule has 10 heteroatoms. The van der Waals surface area contributed by atoms with Crippen molar-refractivity contribution in [2.45, 2.75) is 77.4 Å². The molecule has 1 saturated heterocycles. The Hall–Kier alpha value is -2.19. The topological polar surface area (TPSA) is 84.1 Å². The number of halogens is 3. The van der Waals surface area contributed by atoms with E-state index < -0.39 is 5.97 Å². The summed E-state index contributed by atoms with van der Waals surface area (Å²) in [5.74, 6) is -0.261. The van der Waals surface area contributed by atoms with Gasteiger partial charge in [-0.25, -0.2) is 14.6 Å². The van der Waals surface area contributed by atoms with E-state index in [1.165, 1.54) is 5.57 Å². The fraction of sp³-hybridized carbons (Fsp3) is 0.500. The van der Waals surface area contributed by atoms with Gasteiger partial charge >= 0.3 is 5.97 Å². The number of fused-ring (bicyclic) bond motifs is 1. The number of aryl methyl sites for hydroxylation is 1. The largest absolute Gasteiger partial charge is 0.481 e. The molecule has 5 rings (SSSR count). The number of carboxylic acid groups (broad SMARTS) is 1. The lowest BCUT2D eigenvalue weighted by atomic mass is 9.83. The number of carbonyl (C=O) groups is 1. The van der Waals surface area contributed by atoms with Crippen LogP contribution in [-0.2, 0) is 4.79 Å². The number of aliphatic carboxylic acids is 1. The van der Waals surface area contributed by atoms with Crippen molar-refractivity contribution in [2.75, 3.05) is 6.54 Å². The lowest BCUT2D eigenvalue weighted by molar-refractivity contribution is -0.137. The van der Waals surface area contributed by atoms with E-state index >= 15 is 0 Å². The number of aromatic nitrogens is 4. The van der Waals surface area contributed by atoms with Gasteiger partial charge in [0, 0.05) is 28.5 Å². The maximum Gasteiger partial charge on any atom is 0.303 e. The number of carboxylic acids is 1. The summed E-state index contributed by atoms with van der Waals surface area (Å²) in [5.41, 5.74) is 5.40. The van der Waals surface area contributed by atoms with Crippen molar-refractivity contribution < 1.29 is 9.90 Å². The number of likely N-dealkylation sites (tertiary alicyclic amines) is 1. The van der Waals surface area contributed by atoms with Crippen molar-refractivity contribution in [2.24, 2.45) is 5.92 Å². The molecule has 1 N–H and O–H groups in total. The van der Waals surface area contributed by atoms with Gasteiger partial charge in [-0.2, -0.15) is 5.10 Å². The molecule has 0 amide bonds. The molecule has 1 aliphatic carbocycles. The minimum absolute atomic E-state index is 0. The highest BCUT2D eigenvalue weighted by Crippen LogP contribution is 2.37. The minimum atomic E-state index is -0.707. The smallest absolute Gasteiger partial charge is 0.303 e. The molecule has 1 unspecified atom stereocenters. The summed E-state index contributed by atoms with van der Waals surface area (Å²) in [7, 11) is 0. The van der Waals surface area contributed by atoms with Crippen molar-refractivity contribution in [3.63, 3.8) is 0 Å². The van der Waals surface area contributed by atoms with Gasteiger partial charge in [0.1, 0.15) is 5.52 Å². The molecule has 1 aliphatic heterocycles. The Bertz CT molecular complexity index is 1360. The number of hydrogen-bond acceptors (Lipinski definition) is 5. The number of hydrogen-bond donors (Lipinski definition) is 1. The summed E-state index contributed by atoms with van der Waals surface area (Å²) < 4.78 is 1.91. The van der Waals surface area contributed by atoms with Crippen molar-refractivity contribution in [3.8, 4) is 0 Å². The van der Waals surface area contributed by atoms with Crippen molar-refractivity contribution in [1.82, 2.24) is 24.6 Å². The van der Waals surface area contributed by atoms with Crippen LogP contribution in [0, 0.1) is 12.8 Å². The average Bonchev–Trinajstić information content (AvgIpc) is 3.46. The van der Waals surface area contributed by atoms with Crippen LogP contribution >= 0.6 is 35.6 Å². The number of nitrogens with zero attached hydrogens (tertiary/aromatic N) is 5. The fourth-order valence-electron chi connectivity index (χ4n) is 6.08. The Morgan fingerprint density at radius 1 is 1.29 bits per heavy atom. The first-order valence-electron chi connectivity index (χ1n) is 13.1. The molecule has 3 heterocycles. The highest BCUT2D eigenvalue weighted by atomic mass is 35.5. The third kappa shape index (κ3) is 5.71. The summed E-state index contributed by atoms with van der Waals surface area (Å²) >= 11 is 12.6. The van der Waals surface area contributed by atoms with E-state index in [-0.39, 0.29) is 24.9 Å². The Morgan fingerprint density at radius 3 is 2.79 bits per heavy atom. The monoisotopic (exact) mass is 577 g/mol. The van der Waals surface area contributed by atoms with Crippen LogP contribution in [0.25, 0.3) is 16.7 Å². The van der Waals surface area contributed by atoms with E-state index in [4.69, 9.17) is 43.4 Å². The van der Waals surface area contributed by atoms with E-state index in [9.17, 15) is 4.79 Å². The molecule has 3 aromatic rings. The van der Waals surface area contributed by atoms with Crippen molar-refractivity contribution in [3.05, 3.63) is 57.5 Å². The minimum Gasteiger partial charge on any atom is -0.481 e. The van der Waals surface area contributed by atoms with Gasteiger partial charge in [0.15, 0.2) is 5.65 Å². The highest BCUT2D eigenvalue weighted by molar-refractivity contribution is 6.35. The molecule has 0 radical (unpaired) electrons. The van der Waals surface area contributed by atoms with E-state index in [1.807, 2.05) is 29.9 Å². The second-order valence-corrected chi connectivity index (χ2v) is 11.3. The number of allylic oxidation sites excluding steroid dienone is 1. The normalized spacial score (nSPS) is 22.8. The molecule has 2 aliphatic rings. The third-order valence-corrected chi connectivity index (χ3v) is 8.59. The third-order valence-electron chi connectivity index (χ3n) is 8.02. The van der Waals surface area contributed by atoms with Crippen LogP contribution in [0.15, 0.2) is 30.5 Å². The quantitative estimate of drug-likeness (QED) is 0.325. The van der Waals surface area contributed by atoms with E-state index in [0.717, 1.165) is 66.8 Å². The zero-order valence-corrected chi connectivity index (χ0v) is 24.2. The first-order chi connectivity index (χ1) is 17.7. The Morgan fingerprint density at radius 2 is 2.08 bits per heavy atom. The van der Waals surface area contributed by atoms with Gasteiger partial charge in [-0.15, -0.1) is 12.4 Å². The lowest BCUT2D eigenvalue weighted by Gasteiger charge is -2.39. The second-order valence-electron chi connectivity index (χ2n) is 10.5. The maximum atomic E-state index is 11.1. The average molecular weight is 579 g/mol. The van der Waals surface area contributed by atoms with Gasteiger partial charge in [0.05, 0.1) is 23.6 Å². The van der Waals surface area contributed by atoms with Crippen molar-refractivity contribution >= 4 is 58.3 Å². The first-order valence-corrected chi connectivity index (χ1v) is 13.8. The molecular weight excluding hydrogens is 545 g/mol.